The molecule has 0 saturated carbocycles. The molecule has 194 valence electrons. The number of carbonyl (C=O) groups excluding carboxylic acids is 1. The van der Waals surface area contributed by atoms with Crippen LogP contribution in [0.4, 0.5) is 8.63 Å². The first-order valence-electron chi connectivity index (χ1n) is 12.6. The molecule has 0 saturated heterocycles. The Labute approximate surface area is 219 Å². The number of benzene rings is 1. The number of amides is 1. The predicted molar refractivity (Wildman–Crippen MR) is 145 cm³/mol. The highest BCUT2D eigenvalue weighted by atomic mass is 32.1. The molecular formula is C27H30BF2N4O2S-. The highest BCUT2D eigenvalue weighted by Gasteiger charge is 2.45. The molecule has 3 aromatic rings. The van der Waals surface area contributed by atoms with Gasteiger partial charge in [0.1, 0.15) is 5.75 Å². The second-order valence-corrected chi connectivity index (χ2v) is 10.2. The van der Waals surface area contributed by atoms with Crippen molar-refractivity contribution in [1.29, 1.82) is 0 Å². The first-order chi connectivity index (χ1) is 18.0. The molecule has 1 atom stereocenters. The van der Waals surface area contributed by atoms with Gasteiger partial charge in [-0.25, -0.2) is 0 Å². The zero-order valence-electron chi connectivity index (χ0n) is 20.5. The number of fused-ring (bicyclic) bond motifs is 2. The smallest absolute Gasteiger partial charge is 0.484 e. The van der Waals surface area contributed by atoms with Crippen LogP contribution in [-0.2, 0) is 4.79 Å². The second kappa shape index (κ2) is 10.9. The van der Waals surface area contributed by atoms with Gasteiger partial charge in [-0.2, -0.15) is 0 Å². The van der Waals surface area contributed by atoms with Crippen molar-refractivity contribution in [2.75, 3.05) is 19.7 Å². The lowest BCUT2D eigenvalue weighted by molar-refractivity contribution is -0.123. The van der Waals surface area contributed by atoms with E-state index in [1.807, 2.05) is 17.5 Å². The number of rotatable bonds is 11. The van der Waals surface area contributed by atoms with Crippen molar-refractivity contribution in [3.05, 3.63) is 83.0 Å². The van der Waals surface area contributed by atoms with Gasteiger partial charge in [0, 0.05) is 34.5 Å². The maximum absolute atomic E-state index is 16.1. The zero-order valence-corrected chi connectivity index (χ0v) is 21.3. The number of hydrogen-bond donors (Lipinski definition) is 2. The minimum Gasteiger partial charge on any atom is -0.484 e. The minimum atomic E-state index is -4.07. The Hall–Kier alpha value is -3.37. The minimum absolute atomic E-state index is 0.0897. The van der Waals surface area contributed by atoms with E-state index in [0.29, 0.717) is 35.9 Å². The van der Waals surface area contributed by atoms with Crippen molar-refractivity contribution in [2.24, 2.45) is 5.73 Å². The monoisotopic (exact) mass is 523 g/mol. The Morgan fingerprint density at radius 1 is 1.08 bits per heavy atom. The molecule has 1 amide bonds. The van der Waals surface area contributed by atoms with E-state index < -0.39 is 13.0 Å². The van der Waals surface area contributed by atoms with Gasteiger partial charge in [-0.15, -0.1) is 11.3 Å². The van der Waals surface area contributed by atoms with Gasteiger partial charge in [0.2, 0.25) is 0 Å². The van der Waals surface area contributed by atoms with E-state index in [4.69, 9.17) is 10.5 Å². The summed E-state index contributed by atoms with van der Waals surface area (Å²) in [7, 11) is 0. The SMILES string of the molecule is NCCCCCCNC(=O)COc1ccc(C2C=CC3=Cc4ccc(-c5cccs5)n4[B-](F)(F)N32)cc1. The second-order valence-electron chi connectivity index (χ2n) is 9.27. The third-order valence-corrected chi connectivity index (χ3v) is 7.65. The van der Waals surface area contributed by atoms with E-state index in [0.717, 1.165) is 36.1 Å². The van der Waals surface area contributed by atoms with Gasteiger partial charge in [0.15, 0.2) is 6.61 Å². The molecule has 0 spiro atoms. The van der Waals surface area contributed by atoms with Gasteiger partial charge < -0.3 is 33.7 Å². The normalized spacial score (nSPS) is 17.3. The van der Waals surface area contributed by atoms with Crippen LogP contribution in [0.5, 0.6) is 5.75 Å². The number of halogens is 2. The maximum atomic E-state index is 16.1. The van der Waals surface area contributed by atoms with Crippen LogP contribution in [0.1, 0.15) is 43.0 Å². The number of nitrogens with one attached hydrogen (secondary N) is 1. The predicted octanol–water partition coefficient (Wildman–Crippen LogP) is 5.42. The number of nitrogens with zero attached hydrogens (tertiary/aromatic N) is 2. The highest BCUT2D eigenvalue weighted by Crippen LogP contribution is 2.45. The molecule has 37 heavy (non-hydrogen) atoms. The van der Waals surface area contributed by atoms with Gasteiger partial charge in [0.05, 0.1) is 0 Å². The van der Waals surface area contributed by atoms with Crippen molar-refractivity contribution < 1.29 is 18.2 Å². The summed E-state index contributed by atoms with van der Waals surface area (Å²) in [6.45, 7) is -2.86. The number of carbonyl (C=O) groups is 1. The third-order valence-electron chi connectivity index (χ3n) is 6.76. The van der Waals surface area contributed by atoms with Crippen molar-refractivity contribution in [1.82, 2.24) is 14.6 Å². The number of unbranched alkanes of at least 4 members (excludes halogenated alkanes) is 3. The summed E-state index contributed by atoms with van der Waals surface area (Å²) in [5, 5.41) is 4.74. The molecule has 2 aliphatic rings. The lowest BCUT2D eigenvalue weighted by Crippen LogP contribution is -2.54. The Morgan fingerprint density at radius 3 is 2.65 bits per heavy atom. The summed E-state index contributed by atoms with van der Waals surface area (Å²) in [6.07, 6.45) is 9.37. The molecule has 0 radical (unpaired) electrons. The lowest BCUT2D eigenvalue weighted by Gasteiger charge is -2.47. The fourth-order valence-corrected chi connectivity index (χ4v) is 5.69. The molecule has 4 heterocycles. The van der Waals surface area contributed by atoms with E-state index in [1.54, 1.807) is 54.6 Å². The Kier molecular flexibility index (Phi) is 7.48. The summed E-state index contributed by atoms with van der Waals surface area (Å²) in [4.78, 5) is 14.1. The van der Waals surface area contributed by atoms with Crippen molar-refractivity contribution in [3.8, 4) is 16.3 Å². The first kappa shape index (κ1) is 25.3. The average molecular weight is 523 g/mol. The third kappa shape index (κ3) is 5.22. The summed E-state index contributed by atoms with van der Waals surface area (Å²) >= 11 is 1.45. The molecule has 0 fully saturated rings. The highest BCUT2D eigenvalue weighted by molar-refractivity contribution is 7.13. The quantitative estimate of drug-likeness (QED) is 0.260. The van der Waals surface area contributed by atoms with E-state index in [-0.39, 0.29) is 12.5 Å². The van der Waals surface area contributed by atoms with Crippen LogP contribution >= 0.6 is 11.3 Å². The van der Waals surface area contributed by atoms with Crippen LogP contribution < -0.4 is 15.8 Å². The molecule has 1 unspecified atom stereocenters. The van der Waals surface area contributed by atoms with Gasteiger partial charge >= 0.3 is 6.97 Å². The van der Waals surface area contributed by atoms with Crippen molar-refractivity contribution in [2.45, 2.75) is 31.7 Å². The van der Waals surface area contributed by atoms with Crippen LogP contribution in [0.15, 0.2) is 71.8 Å². The van der Waals surface area contributed by atoms with E-state index in [9.17, 15) is 4.79 Å². The van der Waals surface area contributed by atoms with Gasteiger partial charge in [-0.1, -0.05) is 37.1 Å². The van der Waals surface area contributed by atoms with Crippen molar-refractivity contribution in [3.63, 3.8) is 0 Å². The largest absolute Gasteiger partial charge is 0.530 e. The first-order valence-corrected chi connectivity index (χ1v) is 13.5. The fraction of sp³-hybridized carbons (Fsp3) is 0.296. The van der Waals surface area contributed by atoms with E-state index >= 15 is 8.63 Å². The number of thiophene rings is 1. The number of nitrogens with two attached hydrogens (primary N) is 1. The van der Waals surface area contributed by atoms with Crippen LogP contribution in [0, 0.1) is 0 Å². The molecule has 2 aliphatic heterocycles. The standard InChI is InChI=1S/C27H30BF2N4O2S/c29-28(30)33-21(18-22-10-14-25(34(22)28)26-6-5-17-37-26)9-13-24(33)20-7-11-23(12-8-20)36-19-27(35)32-16-4-2-1-3-15-31/h5-14,17-18,24H,1-4,15-16,19,31H2,(H,32,35)/q-1. The number of ether oxygens (including phenoxy) is 1. The zero-order chi connectivity index (χ0) is 25.8. The molecule has 0 bridgehead atoms. The van der Waals surface area contributed by atoms with Gasteiger partial charge in [-0.3, -0.25) is 4.79 Å². The van der Waals surface area contributed by atoms with Gasteiger partial charge in [-0.05, 0) is 72.8 Å². The maximum Gasteiger partial charge on any atom is 0.530 e. The molecule has 1 aromatic carbocycles. The fourth-order valence-electron chi connectivity index (χ4n) is 4.94. The summed E-state index contributed by atoms with van der Waals surface area (Å²) in [6, 6.07) is 13.6. The van der Waals surface area contributed by atoms with E-state index in [2.05, 4.69) is 5.32 Å². The number of aromatic nitrogens is 1. The Balaban J connectivity index is 1.23. The number of hydrogen-bond acceptors (Lipinski definition) is 5. The Morgan fingerprint density at radius 2 is 1.89 bits per heavy atom. The molecule has 6 nitrogen and oxygen atoms in total. The number of allylic oxidation sites excluding steroid dienone is 1. The topological polar surface area (TPSA) is 72.5 Å². The van der Waals surface area contributed by atoms with Crippen LogP contribution in [0.3, 0.4) is 0 Å². The van der Waals surface area contributed by atoms with E-state index in [1.165, 1.54) is 20.6 Å². The van der Waals surface area contributed by atoms with Crippen LogP contribution in [0.2, 0.25) is 0 Å². The molecule has 5 rings (SSSR count). The molecular weight excluding hydrogens is 493 g/mol. The Bertz CT molecular complexity index is 1290. The summed E-state index contributed by atoms with van der Waals surface area (Å²) in [5.74, 6) is 0.333. The molecule has 3 N–H and O–H groups in total. The molecule has 2 aromatic heterocycles. The van der Waals surface area contributed by atoms with Gasteiger partial charge in [0.25, 0.3) is 5.91 Å². The van der Waals surface area contributed by atoms with Crippen molar-refractivity contribution >= 4 is 30.3 Å². The summed E-state index contributed by atoms with van der Waals surface area (Å²) in [5.41, 5.74) is 7.73. The average Bonchev–Trinajstić information content (AvgIpc) is 3.65. The van der Waals surface area contributed by atoms with Crippen LogP contribution in [-0.4, -0.2) is 41.9 Å². The lowest BCUT2D eigenvalue weighted by atomic mass is 9.86. The molecule has 0 aliphatic carbocycles. The van der Waals surface area contributed by atoms with Crippen LogP contribution in [0.25, 0.3) is 16.6 Å². The molecule has 10 heteroatoms. The summed E-state index contributed by atoms with van der Waals surface area (Å²) < 4.78 is 38.9.